The van der Waals surface area contributed by atoms with E-state index in [1.165, 1.54) is 0 Å². The predicted octanol–water partition coefficient (Wildman–Crippen LogP) is 2.26. The molecule has 0 heterocycles. The fourth-order valence-electron chi connectivity index (χ4n) is 0.833. The molecule has 0 rings (SSSR count). The summed E-state index contributed by atoms with van der Waals surface area (Å²) in [5.41, 5.74) is 1.46. The molecule has 1 N–H and O–H groups in total. The lowest BCUT2D eigenvalue weighted by Crippen LogP contribution is -2.10. The zero-order chi connectivity index (χ0) is 9.40. The minimum absolute atomic E-state index is 0.578. The molecule has 3 nitrogen and oxygen atoms in total. The molecule has 0 aliphatic heterocycles. The molecule has 0 aromatic heterocycles. The standard InChI is InChI=1S/C9H16N2O/c1-4-6-9(11-12)8(3)10-7-5-2/h5,12H,2,4,6-7H2,1,3H3/b10-8?,11-9-. The van der Waals surface area contributed by atoms with Crippen LogP contribution in [-0.4, -0.2) is 23.2 Å². The lowest BCUT2D eigenvalue weighted by Gasteiger charge is -2.00. The maximum atomic E-state index is 8.61. The average molecular weight is 168 g/mol. The van der Waals surface area contributed by atoms with Gasteiger partial charge >= 0.3 is 0 Å². The second-order valence-corrected chi connectivity index (χ2v) is 2.51. The first-order valence-electron chi connectivity index (χ1n) is 4.09. The molecule has 0 aromatic rings. The molecule has 12 heavy (non-hydrogen) atoms. The van der Waals surface area contributed by atoms with Crippen LogP contribution < -0.4 is 0 Å². The first kappa shape index (κ1) is 10.9. The van der Waals surface area contributed by atoms with Crippen LogP contribution in [0.15, 0.2) is 22.8 Å². The van der Waals surface area contributed by atoms with Gasteiger partial charge in [0, 0.05) is 0 Å². The van der Waals surface area contributed by atoms with Gasteiger partial charge in [0.1, 0.15) is 5.71 Å². The monoisotopic (exact) mass is 168 g/mol. The van der Waals surface area contributed by atoms with E-state index in [0.29, 0.717) is 12.3 Å². The highest BCUT2D eigenvalue weighted by molar-refractivity contribution is 6.41. The lowest BCUT2D eigenvalue weighted by molar-refractivity contribution is 0.318. The summed E-state index contributed by atoms with van der Waals surface area (Å²) in [6.07, 6.45) is 3.44. The van der Waals surface area contributed by atoms with Gasteiger partial charge in [0.2, 0.25) is 0 Å². The summed E-state index contributed by atoms with van der Waals surface area (Å²) >= 11 is 0. The molecule has 0 bridgehead atoms. The quantitative estimate of drug-likeness (QED) is 0.291. The SMILES string of the molecule is C=CCN=C(C)/C(CCC)=N\O. The lowest BCUT2D eigenvalue weighted by atomic mass is 10.1. The van der Waals surface area contributed by atoms with Crippen molar-refractivity contribution in [2.24, 2.45) is 10.1 Å². The van der Waals surface area contributed by atoms with Crippen LogP contribution in [-0.2, 0) is 0 Å². The first-order valence-corrected chi connectivity index (χ1v) is 4.09. The molecule has 0 aliphatic carbocycles. The van der Waals surface area contributed by atoms with Crippen molar-refractivity contribution >= 4 is 11.4 Å². The number of aliphatic imine (C=N–C) groups is 1. The maximum Gasteiger partial charge on any atom is 0.100 e. The topological polar surface area (TPSA) is 45.0 Å². The van der Waals surface area contributed by atoms with Crippen LogP contribution in [0.4, 0.5) is 0 Å². The molecule has 0 aromatic carbocycles. The van der Waals surface area contributed by atoms with Gasteiger partial charge in [-0.3, -0.25) is 4.99 Å². The second-order valence-electron chi connectivity index (χ2n) is 2.51. The van der Waals surface area contributed by atoms with Crippen molar-refractivity contribution in [1.82, 2.24) is 0 Å². The molecule has 0 saturated carbocycles. The molecule has 0 saturated heterocycles. The third-order valence-electron chi connectivity index (χ3n) is 1.48. The van der Waals surface area contributed by atoms with Gasteiger partial charge in [-0.2, -0.15) is 0 Å². The summed E-state index contributed by atoms with van der Waals surface area (Å²) in [4.78, 5) is 4.14. The van der Waals surface area contributed by atoms with Gasteiger partial charge in [0.15, 0.2) is 0 Å². The Morgan fingerprint density at radius 2 is 2.25 bits per heavy atom. The van der Waals surface area contributed by atoms with Gasteiger partial charge in [0.05, 0.1) is 12.3 Å². The molecule has 0 fully saturated rings. The Hall–Kier alpha value is -1.12. The Morgan fingerprint density at radius 3 is 2.67 bits per heavy atom. The molecule has 0 radical (unpaired) electrons. The summed E-state index contributed by atoms with van der Waals surface area (Å²) in [5.74, 6) is 0. The molecule has 68 valence electrons. The zero-order valence-corrected chi connectivity index (χ0v) is 7.75. The number of nitrogens with zero attached hydrogens (tertiary/aromatic N) is 2. The predicted molar refractivity (Wildman–Crippen MR) is 52.3 cm³/mol. The van der Waals surface area contributed by atoms with Crippen LogP contribution in [0.3, 0.4) is 0 Å². The molecular weight excluding hydrogens is 152 g/mol. The molecule has 0 amide bonds. The smallest absolute Gasteiger partial charge is 0.100 e. The van der Waals surface area contributed by atoms with E-state index >= 15 is 0 Å². The molecule has 0 spiro atoms. The van der Waals surface area contributed by atoms with Crippen molar-refractivity contribution in [2.75, 3.05) is 6.54 Å². The highest BCUT2D eigenvalue weighted by atomic mass is 16.4. The largest absolute Gasteiger partial charge is 0.411 e. The van der Waals surface area contributed by atoms with E-state index in [2.05, 4.69) is 16.7 Å². The highest BCUT2D eigenvalue weighted by Gasteiger charge is 2.01. The van der Waals surface area contributed by atoms with Crippen molar-refractivity contribution in [1.29, 1.82) is 0 Å². The van der Waals surface area contributed by atoms with Crippen molar-refractivity contribution in [3.8, 4) is 0 Å². The Bertz CT molecular complexity index is 195. The van der Waals surface area contributed by atoms with Crippen molar-refractivity contribution in [2.45, 2.75) is 26.7 Å². The molecule has 3 heteroatoms. The zero-order valence-electron chi connectivity index (χ0n) is 7.75. The van der Waals surface area contributed by atoms with Gasteiger partial charge in [-0.05, 0) is 13.3 Å². The van der Waals surface area contributed by atoms with Crippen molar-refractivity contribution in [3.63, 3.8) is 0 Å². The third kappa shape index (κ3) is 3.91. The van der Waals surface area contributed by atoms with E-state index in [0.717, 1.165) is 18.6 Å². The van der Waals surface area contributed by atoms with Crippen LogP contribution in [0.1, 0.15) is 26.7 Å². The van der Waals surface area contributed by atoms with Gasteiger partial charge in [-0.15, -0.1) is 6.58 Å². The number of hydrogen-bond donors (Lipinski definition) is 1. The average Bonchev–Trinajstić information content (AvgIpc) is 2.10. The summed E-state index contributed by atoms with van der Waals surface area (Å²) in [6.45, 7) is 8.01. The molecule has 0 unspecified atom stereocenters. The fraction of sp³-hybridized carbons (Fsp3) is 0.556. The Morgan fingerprint density at radius 1 is 1.58 bits per heavy atom. The fourth-order valence-corrected chi connectivity index (χ4v) is 0.833. The number of oxime groups is 1. The van der Waals surface area contributed by atoms with Crippen LogP contribution in [0.2, 0.25) is 0 Å². The normalized spacial score (nSPS) is 13.2. The number of hydrogen-bond acceptors (Lipinski definition) is 3. The molecule has 0 aliphatic rings. The van der Waals surface area contributed by atoms with Crippen LogP contribution in [0.5, 0.6) is 0 Å². The molecule has 0 atom stereocenters. The highest BCUT2D eigenvalue weighted by Crippen LogP contribution is 1.95. The first-order chi connectivity index (χ1) is 5.76. The van der Waals surface area contributed by atoms with E-state index in [9.17, 15) is 0 Å². The van der Waals surface area contributed by atoms with Crippen molar-refractivity contribution < 1.29 is 5.21 Å². The minimum atomic E-state index is 0.578. The Kier molecular flexibility index (Phi) is 5.97. The number of rotatable bonds is 5. The van der Waals surface area contributed by atoms with Gasteiger partial charge in [-0.25, -0.2) is 0 Å². The van der Waals surface area contributed by atoms with E-state index in [4.69, 9.17) is 5.21 Å². The van der Waals surface area contributed by atoms with E-state index in [1.807, 2.05) is 13.8 Å². The van der Waals surface area contributed by atoms with E-state index < -0.39 is 0 Å². The second kappa shape index (κ2) is 6.58. The van der Waals surface area contributed by atoms with Crippen LogP contribution in [0.25, 0.3) is 0 Å². The van der Waals surface area contributed by atoms with E-state index in [-0.39, 0.29) is 0 Å². The summed E-state index contributed by atoms with van der Waals surface area (Å²) in [5, 5.41) is 11.8. The Balaban J connectivity index is 4.20. The van der Waals surface area contributed by atoms with Crippen LogP contribution >= 0.6 is 0 Å². The minimum Gasteiger partial charge on any atom is -0.411 e. The van der Waals surface area contributed by atoms with Gasteiger partial charge in [0.25, 0.3) is 0 Å². The Labute approximate surface area is 73.5 Å². The van der Waals surface area contributed by atoms with Crippen LogP contribution in [0, 0.1) is 0 Å². The van der Waals surface area contributed by atoms with E-state index in [1.54, 1.807) is 6.08 Å². The van der Waals surface area contributed by atoms with Crippen molar-refractivity contribution in [3.05, 3.63) is 12.7 Å². The third-order valence-corrected chi connectivity index (χ3v) is 1.48. The van der Waals surface area contributed by atoms with Gasteiger partial charge in [-0.1, -0.05) is 24.6 Å². The summed E-state index contributed by atoms with van der Waals surface area (Å²) in [6, 6.07) is 0. The molecular formula is C9H16N2O. The maximum absolute atomic E-state index is 8.61. The summed E-state index contributed by atoms with van der Waals surface area (Å²) in [7, 11) is 0. The summed E-state index contributed by atoms with van der Waals surface area (Å²) < 4.78 is 0. The van der Waals surface area contributed by atoms with Gasteiger partial charge < -0.3 is 5.21 Å².